The third-order valence-corrected chi connectivity index (χ3v) is 6.44. The largest absolute Gasteiger partial charge is 0.416 e. The van der Waals surface area contributed by atoms with Crippen LogP contribution in [0.25, 0.3) is 32.3 Å². The summed E-state index contributed by atoms with van der Waals surface area (Å²) in [5, 5.41) is 9.96. The fourth-order valence-corrected chi connectivity index (χ4v) is 4.75. The van der Waals surface area contributed by atoms with Gasteiger partial charge in [-0.3, -0.25) is 15.6 Å². The van der Waals surface area contributed by atoms with E-state index in [9.17, 15) is 18.0 Å². The molecule has 1 amide bonds. The number of hydrogen-bond donors (Lipinski definition) is 3. The molecule has 5 rings (SSSR count). The molecule has 4 nitrogen and oxygen atoms in total. The third kappa shape index (κ3) is 4.90. The van der Waals surface area contributed by atoms with Gasteiger partial charge in [0.15, 0.2) is 5.11 Å². The quantitative estimate of drug-likeness (QED) is 0.138. The van der Waals surface area contributed by atoms with Crippen molar-refractivity contribution in [1.82, 2.24) is 10.9 Å². The van der Waals surface area contributed by atoms with Crippen molar-refractivity contribution in [3.63, 3.8) is 0 Å². The van der Waals surface area contributed by atoms with Crippen molar-refractivity contribution in [3.05, 3.63) is 90.0 Å². The Bertz CT molecular complexity index is 1570. The molecule has 0 radical (unpaired) electrons. The Labute approximate surface area is 210 Å². The molecule has 0 aliphatic rings. The normalized spacial score (nSPS) is 11.8. The molecule has 182 valence electrons. The number of benzene rings is 5. The van der Waals surface area contributed by atoms with E-state index >= 15 is 0 Å². The SMILES string of the molecule is O=C(CCCc1ccc2ccc3cccc4ccc1c2c34)NNC(=S)Nc1cccc(C(F)(F)F)c1. The summed E-state index contributed by atoms with van der Waals surface area (Å²) in [4.78, 5) is 12.3. The summed E-state index contributed by atoms with van der Waals surface area (Å²) in [5.74, 6) is -0.263. The van der Waals surface area contributed by atoms with Crippen LogP contribution >= 0.6 is 12.2 Å². The molecule has 0 unspecified atom stereocenters. The summed E-state index contributed by atoms with van der Waals surface area (Å²) < 4.78 is 38.6. The first-order valence-corrected chi connectivity index (χ1v) is 11.9. The molecular weight excluding hydrogens is 483 g/mol. The first-order chi connectivity index (χ1) is 17.3. The van der Waals surface area contributed by atoms with E-state index in [1.807, 2.05) is 0 Å². The number of nitrogens with one attached hydrogen (secondary N) is 3. The first kappa shape index (κ1) is 23.8. The molecule has 0 saturated carbocycles. The van der Waals surface area contributed by atoms with Crippen LogP contribution in [0.5, 0.6) is 0 Å². The number of rotatable bonds is 5. The van der Waals surface area contributed by atoms with Crippen LogP contribution in [0.4, 0.5) is 18.9 Å². The second-order valence-electron chi connectivity index (χ2n) is 8.64. The van der Waals surface area contributed by atoms with E-state index < -0.39 is 11.7 Å². The number of aryl methyl sites for hydroxylation is 1. The van der Waals surface area contributed by atoms with Gasteiger partial charge in [-0.15, -0.1) is 0 Å². The van der Waals surface area contributed by atoms with Crippen molar-refractivity contribution >= 4 is 61.2 Å². The molecule has 0 spiro atoms. The molecule has 0 saturated heterocycles. The number of anilines is 1. The maximum absolute atomic E-state index is 12.9. The maximum Gasteiger partial charge on any atom is 0.416 e. The van der Waals surface area contributed by atoms with Gasteiger partial charge in [0.05, 0.1) is 5.56 Å². The zero-order valence-electron chi connectivity index (χ0n) is 19.1. The number of alkyl halides is 3. The summed E-state index contributed by atoms with van der Waals surface area (Å²) in [6.45, 7) is 0. The maximum atomic E-state index is 12.9. The van der Waals surface area contributed by atoms with E-state index in [2.05, 4.69) is 70.8 Å². The zero-order valence-corrected chi connectivity index (χ0v) is 19.9. The van der Waals surface area contributed by atoms with Crippen molar-refractivity contribution in [2.75, 3.05) is 5.32 Å². The fraction of sp³-hybridized carbons (Fsp3) is 0.143. The van der Waals surface area contributed by atoms with E-state index in [4.69, 9.17) is 12.2 Å². The Morgan fingerprint density at radius 1 is 0.806 bits per heavy atom. The first-order valence-electron chi connectivity index (χ1n) is 11.5. The molecule has 0 fully saturated rings. The molecular formula is C28H22F3N3OS. The van der Waals surface area contributed by atoms with Gasteiger partial charge in [0.1, 0.15) is 0 Å². The standard InChI is InChI=1S/C28H22F3N3OS/c29-28(30,31)21-7-3-8-22(16-21)32-27(36)34-33-24(35)9-2-4-17-10-11-20-13-12-18-5-1-6-19-14-15-23(17)26(20)25(18)19/h1,3,5-8,10-16H,2,4,9H2,(H,33,35)(H2,32,34,36). The minimum Gasteiger partial charge on any atom is -0.331 e. The molecule has 8 heteroatoms. The monoisotopic (exact) mass is 505 g/mol. The van der Waals surface area contributed by atoms with Gasteiger partial charge in [0.25, 0.3) is 0 Å². The van der Waals surface area contributed by atoms with Gasteiger partial charge in [-0.25, -0.2) is 0 Å². The number of hydrogen-bond acceptors (Lipinski definition) is 2. The van der Waals surface area contributed by atoms with Crippen LogP contribution in [0.1, 0.15) is 24.0 Å². The molecule has 3 N–H and O–H groups in total. The lowest BCUT2D eigenvalue weighted by molar-refractivity contribution is -0.137. The lowest BCUT2D eigenvalue weighted by Gasteiger charge is -2.14. The highest BCUT2D eigenvalue weighted by molar-refractivity contribution is 7.80. The Morgan fingerprint density at radius 3 is 2.22 bits per heavy atom. The predicted octanol–water partition coefficient (Wildman–Crippen LogP) is 6.94. The molecule has 0 aliphatic carbocycles. The highest BCUT2D eigenvalue weighted by atomic mass is 32.1. The van der Waals surface area contributed by atoms with E-state index in [-0.39, 0.29) is 23.1 Å². The van der Waals surface area contributed by atoms with Crippen molar-refractivity contribution in [1.29, 1.82) is 0 Å². The average Bonchev–Trinajstić information content (AvgIpc) is 2.86. The number of halogens is 3. The second-order valence-corrected chi connectivity index (χ2v) is 9.05. The van der Waals surface area contributed by atoms with Crippen molar-refractivity contribution < 1.29 is 18.0 Å². The van der Waals surface area contributed by atoms with E-state index in [1.54, 1.807) is 0 Å². The summed E-state index contributed by atoms with van der Waals surface area (Å²) in [5.41, 5.74) is 5.61. The van der Waals surface area contributed by atoms with E-state index in [0.29, 0.717) is 6.42 Å². The smallest absolute Gasteiger partial charge is 0.331 e. The Kier molecular flexibility index (Phi) is 6.36. The number of carbonyl (C=O) groups excluding carboxylic acids is 1. The summed E-state index contributed by atoms with van der Waals surface area (Å²) >= 11 is 5.08. The van der Waals surface area contributed by atoms with Gasteiger partial charge in [-0.05, 0) is 81.1 Å². The van der Waals surface area contributed by atoms with Crippen LogP contribution in [0.2, 0.25) is 0 Å². The minimum atomic E-state index is -4.45. The van der Waals surface area contributed by atoms with Crippen molar-refractivity contribution in [3.8, 4) is 0 Å². The van der Waals surface area contributed by atoms with Gasteiger partial charge >= 0.3 is 6.18 Å². The van der Waals surface area contributed by atoms with Crippen LogP contribution in [0.3, 0.4) is 0 Å². The molecule has 5 aromatic rings. The highest BCUT2D eigenvalue weighted by Gasteiger charge is 2.30. The fourth-order valence-electron chi connectivity index (χ4n) is 4.58. The van der Waals surface area contributed by atoms with Crippen LogP contribution in [-0.2, 0) is 17.4 Å². The molecule has 0 heterocycles. The van der Waals surface area contributed by atoms with Gasteiger partial charge in [0.2, 0.25) is 5.91 Å². The lowest BCUT2D eigenvalue weighted by Crippen LogP contribution is -2.43. The van der Waals surface area contributed by atoms with Gasteiger partial charge < -0.3 is 5.32 Å². The van der Waals surface area contributed by atoms with Gasteiger partial charge in [0, 0.05) is 12.1 Å². The third-order valence-electron chi connectivity index (χ3n) is 6.23. The topological polar surface area (TPSA) is 53.2 Å². The zero-order chi connectivity index (χ0) is 25.3. The van der Waals surface area contributed by atoms with Crippen molar-refractivity contribution in [2.24, 2.45) is 0 Å². The lowest BCUT2D eigenvalue weighted by atomic mass is 9.90. The van der Waals surface area contributed by atoms with Gasteiger partial charge in [-0.1, -0.05) is 60.7 Å². The summed E-state index contributed by atoms with van der Waals surface area (Å²) in [6.07, 6.45) is -2.82. The predicted molar refractivity (Wildman–Crippen MR) is 142 cm³/mol. The molecule has 0 bridgehead atoms. The number of carbonyl (C=O) groups is 1. The second kappa shape index (κ2) is 9.62. The minimum absolute atomic E-state index is 0.00514. The Hall–Kier alpha value is -3.91. The van der Waals surface area contributed by atoms with Crippen LogP contribution in [0, 0.1) is 0 Å². The Balaban J connectivity index is 1.17. The summed E-state index contributed by atoms with van der Waals surface area (Å²) in [6, 6.07) is 23.8. The average molecular weight is 506 g/mol. The Morgan fingerprint density at radius 2 is 1.47 bits per heavy atom. The van der Waals surface area contributed by atoms with E-state index in [0.717, 1.165) is 18.6 Å². The number of thiocarbonyl (C=S) groups is 1. The number of hydrazine groups is 1. The summed E-state index contributed by atoms with van der Waals surface area (Å²) in [7, 11) is 0. The van der Waals surface area contributed by atoms with Crippen LogP contribution in [-0.4, -0.2) is 11.0 Å². The molecule has 0 atom stereocenters. The van der Waals surface area contributed by atoms with E-state index in [1.165, 1.54) is 50.0 Å². The molecule has 0 aliphatic heterocycles. The molecule has 0 aromatic heterocycles. The number of amides is 1. The molecule has 5 aromatic carbocycles. The van der Waals surface area contributed by atoms with Crippen LogP contribution < -0.4 is 16.2 Å². The van der Waals surface area contributed by atoms with Gasteiger partial charge in [-0.2, -0.15) is 13.2 Å². The van der Waals surface area contributed by atoms with Crippen LogP contribution in [0.15, 0.2) is 78.9 Å². The van der Waals surface area contributed by atoms with Crippen molar-refractivity contribution in [2.45, 2.75) is 25.4 Å². The molecule has 36 heavy (non-hydrogen) atoms. The highest BCUT2D eigenvalue weighted by Crippen LogP contribution is 2.36.